The second-order valence-corrected chi connectivity index (χ2v) is 6.14. The van der Waals surface area contributed by atoms with E-state index in [0.717, 1.165) is 26.4 Å². The number of thiazole rings is 1. The highest BCUT2D eigenvalue weighted by Gasteiger charge is 2.12. The Morgan fingerprint density at radius 2 is 2.11 bits per heavy atom. The zero-order valence-corrected chi connectivity index (χ0v) is 12.6. The van der Waals surface area contributed by atoms with Crippen LogP contribution in [-0.4, -0.2) is 15.0 Å². The van der Waals surface area contributed by atoms with Crippen LogP contribution >= 0.6 is 27.3 Å². The summed E-state index contributed by atoms with van der Waals surface area (Å²) in [6.45, 7) is 2.08. The summed E-state index contributed by atoms with van der Waals surface area (Å²) < 4.78 is 1.05. The Hall–Kier alpha value is -1.59. The van der Waals surface area contributed by atoms with Gasteiger partial charge in [0.2, 0.25) is 0 Å². The van der Waals surface area contributed by atoms with Crippen LogP contribution in [0.1, 0.15) is 4.88 Å². The third-order valence-corrected chi connectivity index (χ3v) is 4.16. The predicted octanol–water partition coefficient (Wildman–Crippen LogP) is 4.34. The summed E-state index contributed by atoms with van der Waals surface area (Å²) in [5.41, 5.74) is 2.93. The minimum Gasteiger partial charge on any atom is -0.261 e. The first-order valence-electron chi connectivity index (χ1n) is 5.74. The van der Waals surface area contributed by atoms with Crippen molar-refractivity contribution in [2.24, 2.45) is 0 Å². The Kier molecular flexibility index (Phi) is 3.40. The fraction of sp³-hybridized carbons (Fsp3) is 0.0714. The van der Waals surface area contributed by atoms with E-state index in [1.165, 1.54) is 4.88 Å². The lowest BCUT2D eigenvalue weighted by atomic mass is 10.1. The van der Waals surface area contributed by atoms with E-state index < -0.39 is 0 Å². The maximum Gasteiger partial charge on any atom is 0.144 e. The van der Waals surface area contributed by atoms with Gasteiger partial charge in [0.25, 0.3) is 0 Å². The van der Waals surface area contributed by atoms with Gasteiger partial charge in [-0.05, 0) is 19.1 Å². The largest absolute Gasteiger partial charge is 0.261 e. The van der Waals surface area contributed by atoms with E-state index in [9.17, 15) is 0 Å². The normalized spacial score (nSPS) is 10.6. The molecule has 19 heavy (non-hydrogen) atoms. The van der Waals surface area contributed by atoms with Crippen molar-refractivity contribution >= 4 is 27.3 Å². The first-order valence-corrected chi connectivity index (χ1v) is 7.35. The molecule has 0 atom stereocenters. The molecule has 3 nitrogen and oxygen atoms in total. The summed E-state index contributed by atoms with van der Waals surface area (Å²) in [6.07, 6.45) is 5.09. The van der Waals surface area contributed by atoms with Crippen molar-refractivity contribution in [3.05, 3.63) is 52.2 Å². The van der Waals surface area contributed by atoms with Crippen LogP contribution in [-0.2, 0) is 0 Å². The zero-order valence-electron chi connectivity index (χ0n) is 10.2. The van der Waals surface area contributed by atoms with Gasteiger partial charge in [-0.1, -0.05) is 28.1 Å². The van der Waals surface area contributed by atoms with Gasteiger partial charge in [-0.25, -0.2) is 4.98 Å². The van der Waals surface area contributed by atoms with Gasteiger partial charge in [-0.3, -0.25) is 9.97 Å². The zero-order chi connectivity index (χ0) is 13.2. The molecule has 0 aliphatic carbocycles. The van der Waals surface area contributed by atoms with Crippen molar-refractivity contribution in [2.75, 3.05) is 0 Å². The van der Waals surface area contributed by atoms with Gasteiger partial charge < -0.3 is 0 Å². The molecular formula is C14H10BrN3S. The van der Waals surface area contributed by atoms with Crippen molar-refractivity contribution in [3.8, 4) is 22.0 Å². The smallest absolute Gasteiger partial charge is 0.144 e. The van der Waals surface area contributed by atoms with Crippen molar-refractivity contribution in [1.29, 1.82) is 0 Å². The average Bonchev–Trinajstić information content (AvgIpc) is 2.82. The molecule has 0 unspecified atom stereocenters. The summed E-state index contributed by atoms with van der Waals surface area (Å²) in [5, 5.41) is 0.903. The van der Waals surface area contributed by atoms with Gasteiger partial charge in [-0.2, -0.15) is 0 Å². The minimum absolute atomic E-state index is 0.817. The standard InChI is InChI=1S/C14H10BrN3S/c1-9-13(10-3-2-4-11(15)7-10)18-14(19-9)12-8-16-5-6-17-12/h2-8H,1H3. The lowest BCUT2D eigenvalue weighted by Crippen LogP contribution is -1.84. The van der Waals surface area contributed by atoms with E-state index in [1.807, 2.05) is 12.1 Å². The van der Waals surface area contributed by atoms with E-state index in [1.54, 1.807) is 29.9 Å². The fourth-order valence-corrected chi connectivity index (χ4v) is 3.12. The van der Waals surface area contributed by atoms with Crippen LogP contribution in [0.15, 0.2) is 47.3 Å². The lowest BCUT2D eigenvalue weighted by Gasteiger charge is -1.99. The second-order valence-electron chi connectivity index (χ2n) is 4.02. The molecule has 0 N–H and O–H groups in total. The number of aromatic nitrogens is 3. The maximum absolute atomic E-state index is 4.69. The maximum atomic E-state index is 4.69. The van der Waals surface area contributed by atoms with Crippen molar-refractivity contribution in [1.82, 2.24) is 15.0 Å². The highest BCUT2D eigenvalue weighted by Crippen LogP contribution is 2.32. The SMILES string of the molecule is Cc1sc(-c2cnccn2)nc1-c1cccc(Br)c1. The van der Waals surface area contributed by atoms with Crippen LogP contribution in [0.5, 0.6) is 0 Å². The Morgan fingerprint density at radius 1 is 1.21 bits per heavy atom. The van der Waals surface area contributed by atoms with E-state index in [4.69, 9.17) is 0 Å². The van der Waals surface area contributed by atoms with Crippen LogP contribution in [0.4, 0.5) is 0 Å². The van der Waals surface area contributed by atoms with Gasteiger partial charge in [-0.15, -0.1) is 11.3 Å². The Balaban J connectivity index is 2.08. The molecule has 0 radical (unpaired) electrons. The molecule has 3 rings (SSSR count). The summed E-state index contributed by atoms with van der Waals surface area (Å²) in [5.74, 6) is 0. The molecule has 0 aliphatic heterocycles. The quantitative estimate of drug-likeness (QED) is 0.701. The second kappa shape index (κ2) is 5.19. The highest BCUT2D eigenvalue weighted by atomic mass is 79.9. The summed E-state index contributed by atoms with van der Waals surface area (Å²) in [6, 6.07) is 8.16. The molecule has 2 heterocycles. The Morgan fingerprint density at radius 3 is 2.84 bits per heavy atom. The van der Waals surface area contributed by atoms with Crippen LogP contribution in [0.3, 0.4) is 0 Å². The first kappa shape index (κ1) is 12.4. The number of aryl methyl sites for hydroxylation is 1. The highest BCUT2D eigenvalue weighted by molar-refractivity contribution is 9.10. The monoisotopic (exact) mass is 331 g/mol. The molecule has 0 bridgehead atoms. The molecule has 5 heteroatoms. The molecule has 2 aromatic heterocycles. The molecule has 94 valence electrons. The molecule has 0 aliphatic rings. The van der Waals surface area contributed by atoms with Gasteiger partial charge in [0, 0.05) is 27.3 Å². The van der Waals surface area contributed by atoms with Crippen molar-refractivity contribution < 1.29 is 0 Å². The summed E-state index contributed by atoms with van der Waals surface area (Å²) in [7, 11) is 0. The van der Waals surface area contributed by atoms with Crippen molar-refractivity contribution in [2.45, 2.75) is 6.92 Å². The number of hydrogen-bond acceptors (Lipinski definition) is 4. The number of rotatable bonds is 2. The van der Waals surface area contributed by atoms with E-state index in [2.05, 4.69) is 49.9 Å². The summed E-state index contributed by atoms with van der Waals surface area (Å²) >= 11 is 5.13. The number of hydrogen-bond donors (Lipinski definition) is 0. The molecular weight excluding hydrogens is 322 g/mol. The third-order valence-electron chi connectivity index (χ3n) is 2.68. The lowest BCUT2D eigenvalue weighted by molar-refractivity contribution is 1.19. The van der Waals surface area contributed by atoms with Crippen LogP contribution < -0.4 is 0 Å². The van der Waals surface area contributed by atoms with E-state index >= 15 is 0 Å². The van der Waals surface area contributed by atoms with Crippen LogP contribution in [0.25, 0.3) is 22.0 Å². The molecule has 1 aromatic carbocycles. The molecule has 0 fully saturated rings. The molecule has 0 amide bonds. The molecule has 0 spiro atoms. The number of benzene rings is 1. The van der Waals surface area contributed by atoms with Gasteiger partial charge in [0.1, 0.15) is 10.7 Å². The van der Waals surface area contributed by atoms with E-state index in [-0.39, 0.29) is 0 Å². The summed E-state index contributed by atoms with van der Waals surface area (Å²) in [4.78, 5) is 14.2. The third kappa shape index (κ3) is 2.57. The van der Waals surface area contributed by atoms with Gasteiger partial charge in [0.15, 0.2) is 0 Å². The Labute approximate surface area is 123 Å². The molecule has 0 saturated carbocycles. The first-order chi connectivity index (χ1) is 9.24. The predicted molar refractivity (Wildman–Crippen MR) is 81.0 cm³/mol. The van der Waals surface area contributed by atoms with Crippen LogP contribution in [0, 0.1) is 6.92 Å². The van der Waals surface area contributed by atoms with Crippen LogP contribution in [0.2, 0.25) is 0 Å². The minimum atomic E-state index is 0.817. The average molecular weight is 332 g/mol. The number of nitrogens with zero attached hydrogens (tertiary/aromatic N) is 3. The molecule has 3 aromatic rings. The fourth-order valence-electron chi connectivity index (χ4n) is 1.82. The number of halogens is 1. The van der Waals surface area contributed by atoms with E-state index in [0.29, 0.717) is 0 Å². The van der Waals surface area contributed by atoms with Gasteiger partial charge >= 0.3 is 0 Å². The van der Waals surface area contributed by atoms with Gasteiger partial charge in [0.05, 0.1) is 11.9 Å². The molecule has 0 saturated heterocycles. The topological polar surface area (TPSA) is 38.7 Å². The Bertz CT molecular complexity index is 710. The van der Waals surface area contributed by atoms with Crippen molar-refractivity contribution in [3.63, 3.8) is 0 Å².